The highest BCUT2D eigenvalue weighted by Gasteiger charge is 1.68. The molecule has 1 heteroatoms. The molecule has 0 aliphatic carbocycles. The van der Waals surface area contributed by atoms with Gasteiger partial charge in [-0.3, -0.25) is 0 Å². The SMILES string of the molecule is C=C/C=C(/C)C=C.CC.CC.CC#N. The van der Waals surface area contributed by atoms with Gasteiger partial charge in [0.25, 0.3) is 0 Å². The lowest BCUT2D eigenvalue weighted by atomic mass is 10.3. The molecule has 1 nitrogen and oxygen atoms in total. The monoisotopic (exact) mass is 195 g/mol. The third-order valence-corrected chi connectivity index (χ3v) is 0.703. The van der Waals surface area contributed by atoms with Crippen molar-refractivity contribution in [2.75, 3.05) is 0 Å². The third-order valence-electron chi connectivity index (χ3n) is 0.703. The van der Waals surface area contributed by atoms with Crippen LogP contribution in [0.15, 0.2) is 37.0 Å². The van der Waals surface area contributed by atoms with Crippen LogP contribution in [0.1, 0.15) is 41.5 Å². The Balaban J connectivity index is -0.0000000603. The number of hydrogen-bond acceptors (Lipinski definition) is 1. The summed E-state index contributed by atoms with van der Waals surface area (Å²) in [5.74, 6) is 0. The van der Waals surface area contributed by atoms with Crippen molar-refractivity contribution in [1.29, 1.82) is 5.26 Å². The molecule has 0 N–H and O–H groups in total. The molecule has 0 fully saturated rings. The topological polar surface area (TPSA) is 23.8 Å². The molecule has 0 rings (SSSR count). The second-order valence-corrected chi connectivity index (χ2v) is 1.57. The van der Waals surface area contributed by atoms with Crippen LogP contribution in [-0.4, -0.2) is 0 Å². The Hall–Kier alpha value is -1.29. The predicted molar refractivity (Wildman–Crippen MR) is 68.1 cm³/mol. The molecule has 0 amide bonds. The van der Waals surface area contributed by atoms with Gasteiger partial charge in [0.15, 0.2) is 0 Å². The standard InChI is InChI=1S/C7H10.C2H3N.2C2H6/c1-4-6-7(3)5-2;1-2-3;2*1-2/h4-6H,1-2H2,3H3;1H3;2*1-2H3/b7-6-;;;. The van der Waals surface area contributed by atoms with Crippen LogP contribution in [0.2, 0.25) is 0 Å². The first-order valence-corrected chi connectivity index (χ1v) is 4.95. The van der Waals surface area contributed by atoms with Crippen LogP contribution in [0, 0.1) is 11.3 Å². The molecule has 0 heterocycles. The van der Waals surface area contributed by atoms with Crippen LogP contribution in [-0.2, 0) is 0 Å². The van der Waals surface area contributed by atoms with Crippen molar-refractivity contribution in [3.63, 3.8) is 0 Å². The summed E-state index contributed by atoms with van der Waals surface area (Å²) >= 11 is 0. The van der Waals surface area contributed by atoms with E-state index in [1.54, 1.807) is 18.2 Å². The Morgan fingerprint density at radius 2 is 1.43 bits per heavy atom. The van der Waals surface area contributed by atoms with Crippen LogP contribution in [0.25, 0.3) is 0 Å². The Kier molecular flexibility index (Phi) is 67.6. The van der Waals surface area contributed by atoms with E-state index in [4.69, 9.17) is 5.26 Å². The van der Waals surface area contributed by atoms with Crippen molar-refractivity contribution in [3.05, 3.63) is 37.0 Å². The van der Waals surface area contributed by atoms with E-state index < -0.39 is 0 Å². The maximum atomic E-state index is 7.32. The van der Waals surface area contributed by atoms with Crippen LogP contribution in [0.5, 0.6) is 0 Å². The van der Waals surface area contributed by atoms with Crippen molar-refractivity contribution >= 4 is 0 Å². The number of rotatable bonds is 2. The predicted octanol–water partition coefficient (Wildman–Crippen LogP) is 4.89. The molecule has 0 aromatic rings. The minimum Gasteiger partial charge on any atom is -0.199 e. The first kappa shape index (κ1) is 23.0. The van der Waals surface area contributed by atoms with Gasteiger partial charge in [-0.1, -0.05) is 64.7 Å². The van der Waals surface area contributed by atoms with Gasteiger partial charge in [0, 0.05) is 6.92 Å². The van der Waals surface area contributed by atoms with E-state index in [1.807, 2.05) is 40.7 Å². The van der Waals surface area contributed by atoms with E-state index in [-0.39, 0.29) is 0 Å². The normalized spacial score (nSPS) is 6.79. The van der Waals surface area contributed by atoms with Crippen molar-refractivity contribution in [1.82, 2.24) is 0 Å². The largest absolute Gasteiger partial charge is 0.199 e. The highest BCUT2D eigenvalue weighted by molar-refractivity contribution is 5.17. The molecule has 0 radical (unpaired) electrons. The van der Waals surface area contributed by atoms with Gasteiger partial charge in [-0.2, -0.15) is 5.26 Å². The average Bonchev–Trinajstić information content (AvgIpc) is 2.25. The molecule has 82 valence electrons. The molecule has 0 saturated carbocycles. The summed E-state index contributed by atoms with van der Waals surface area (Å²) in [5.41, 5.74) is 1.15. The van der Waals surface area contributed by atoms with E-state index in [2.05, 4.69) is 13.2 Å². The van der Waals surface area contributed by atoms with Crippen molar-refractivity contribution in [2.24, 2.45) is 0 Å². The summed E-state index contributed by atoms with van der Waals surface area (Å²) in [6.45, 7) is 18.5. The van der Waals surface area contributed by atoms with Crippen LogP contribution in [0.4, 0.5) is 0 Å². The molecule has 0 spiro atoms. The fraction of sp³-hybridized carbons (Fsp3) is 0.462. The first-order chi connectivity index (χ1) is 6.72. The molecule has 0 bridgehead atoms. The van der Waals surface area contributed by atoms with Crippen LogP contribution < -0.4 is 0 Å². The average molecular weight is 195 g/mol. The Bertz CT molecular complexity index is 159. The molecule has 14 heavy (non-hydrogen) atoms. The fourth-order valence-corrected chi connectivity index (χ4v) is 0.254. The summed E-state index contributed by atoms with van der Waals surface area (Å²) < 4.78 is 0. The molecule has 0 aromatic carbocycles. The van der Waals surface area contributed by atoms with Crippen LogP contribution in [0.3, 0.4) is 0 Å². The van der Waals surface area contributed by atoms with Gasteiger partial charge in [-0.05, 0) is 6.92 Å². The zero-order valence-corrected chi connectivity index (χ0v) is 10.6. The number of nitrogens with zero attached hydrogens (tertiary/aromatic N) is 1. The van der Waals surface area contributed by atoms with Gasteiger partial charge in [0.05, 0.1) is 6.07 Å². The number of hydrogen-bond donors (Lipinski definition) is 0. The van der Waals surface area contributed by atoms with Crippen molar-refractivity contribution in [3.8, 4) is 6.07 Å². The van der Waals surface area contributed by atoms with E-state index in [1.165, 1.54) is 6.92 Å². The smallest absolute Gasteiger partial charge is 0.0587 e. The van der Waals surface area contributed by atoms with Gasteiger partial charge in [0.2, 0.25) is 0 Å². The second-order valence-electron chi connectivity index (χ2n) is 1.57. The third kappa shape index (κ3) is 73.4. The minimum atomic E-state index is 1.15. The van der Waals surface area contributed by atoms with E-state index in [9.17, 15) is 0 Å². The lowest BCUT2D eigenvalue weighted by Crippen LogP contribution is -1.58. The first-order valence-electron chi connectivity index (χ1n) is 4.95. The van der Waals surface area contributed by atoms with Gasteiger partial charge in [0.1, 0.15) is 0 Å². The van der Waals surface area contributed by atoms with Gasteiger partial charge >= 0.3 is 0 Å². The van der Waals surface area contributed by atoms with Gasteiger partial charge < -0.3 is 0 Å². The summed E-state index contributed by atoms with van der Waals surface area (Å²) in [6, 6.07) is 1.75. The summed E-state index contributed by atoms with van der Waals surface area (Å²) in [5, 5.41) is 7.32. The highest BCUT2D eigenvalue weighted by Crippen LogP contribution is 1.90. The molecular formula is C13H25N. The quantitative estimate of drug-likeness (QED) is 0.576. The lowest BCUT2D eigenvalue weighted by Gasteiger charge is -1.80. The molecule has 0 saturated heterocycles. The molecule has 0 unspecified atom stereocenters. The van der Waals surface area contributed by atoms with E-state index in [0.717, 1.165) is 5.57 Å². The van der Waals surface area contributed by atoms with Gasteiger partial charge in [-0.25, -0.2) is 0 Å². The number of allylic oxidation sites excluding steroid dienone is 4. The summed E-state index contributed by atoms with van der Waals surface area (Å²) in [7, 11) is 0. The zero-order chi connectivity index (χ0) is 12.4. The molecule has 0 aromatic heterocycles. The zero-order valence-electron chi connectivity index (χ0n) is 10.6. The van der Waals surface area contributed by atoms with Crippen molar-refractivity contribution in [2.45, 2.75) is 41.5 Å². The summed E-state index contributed by atoms with van der Waals surface area (Å²) in [4.78, 5) is 0. The molecular weight excluding hydrogens is 170 g/mol. The maximum Gasteiger partial charge on any atom is 0.0587 e. The summed E-state index contributed by atoms with van der Waals surface area (Å²) in [6.07, 6.45) is 5.45. The lowest BCUT2D eigenvalue weighted by molar-refractivity contribution is 1.49. The second kappa shape index (κ2) is 41.2. The van der Waals surface area contributed by atoms with E-state index >= 15 is 0 Å². The molecule has 0 aliphatic heterocycles. The maximum absolute atomic E-state index is 7.32. The minimum absolute atomic E-state index is 1.15. The fourth-order valence-electron chi connectivity index (χ4n) is 0.254. The molecule has 0 atom stereocenters. The van der Waals surface area contributed by atoms with Crippen LogP contribution >= 0.6 is 0 Å². The van der Waals surface area contributed by atoms with Gasteiger partial charge in [-0.15, -0.1) is 0 Å². The molecule has 0 aliphatic rings. The Morgan fingerprint density at radius 3 is 1.50 bits per heavy atom. The van der Waals surface area contributed by atoms with Crippen molar-refractivity contribution < 1.29 is 0 Å². The Labute approximate surface area is 90.5 Å². The number of nitriles is 1. The highest BCUT2D eigenvalue weighted by atomic mass is 14.2. The Morgan fingerprint density at radius 1 is 1.14 bits per heavy atom. The van der Waals surface area contributed by atoms with E-state index in [0.29, 0.717) is 0 Å².